The molecule has 0 radical (unpaired) electrons. The van der Waals surface area contributed by atoms with Gasteiger partial charge in [0.1, 0.15) is 5.70 Å². The fourth-order valence-electron chi connectivity index (χ4n) is 1.73. The van der Waals surface area contributed by atoms with Crippen LogP contribution < -0.4 is 10.6 Å². The van der Waals surface area contributed by atoms with E-state index < -0.39 is 6.03 Å². The Balaban J connectivity index is 2.24. The zero-order valence-corrected chi connectivity index (χ0v) is 10.7. The molecule has 94 valence electrons. The molecule has 0 aliphatic carbocycles. The highest BCUT2D eigenvalue weighted by Crippen LogP contribution is 2.22. The van der Waals surface area contributed by atoms with E-state index in [9.17, 15) is 9.59 Å². The van der Waals surface area contributed by atoms with Crippen molar-refractivity contribution in [2.75, 3.05) is 0 Å². The molecule has 1 heterocycles. The first kappa shape index (κ1) is 12.4. The summed E-state index contributed by atoms with van der Waals surface area (Å²) in [4.78, 5) is 22.3. The minimum absolute atomic E-state index is 0.102. The Labute approximate surface area is 106 Å². The number of rotatable bonds is 1. The van der Waals surface area contributed by atoms with Crippen LogP contribution in [0.4, 0.5) is 4.79 Å². The number of benzene rings is 1. The molecule has 0 unspecified atom stereocenters. The van der Waals surface area contributed by atoms with Crippen LogP contribution in [0.3, 0.4) is 0 Å². The van der Waals surface area contributed by atoms with Gasteiger partial charge in [-0.2, -0.15) is 0 Å². The standard InChI is InChI=1S/C14H16N2O2/c1-14(2,3)10-6-4-9(5-7-10)8-11-12(17)16-13(18)15-11/h4-8H,1-3H3,(H2,15,16,17,18)/b11-8+. The second kappa shape index (κ2) is 4.29. The fraction of sp³-hybridized carbons (Fsp3) is 0.286. The van der Waals surface area contributed by atoms with E-state index in [-0.39, 0.29) is 17.0 Å². The van der Waals surface area contributed by atoms with Crippen molar-refractivity contribution in [1.82, 2.24) is 10.6 Å². The molecule has 4 heteroatoms. The summed E-state index contributed by atoms with van der Waals surface area (Å²) < 4.78 is 0. The minimum atomic E-state index is -0.474. The first-order valence-electron chi connectivity index (χ1n) is 5.81. The van der Waals surface area contributed by atoms with E-state index in [0.29, 0.717) is 0 Å². The fourth-order valence-corrected chi connectivity index (χ4v) is 1.73. The summed E-state index contributed by atoms with van der Waals surface area (Å²) in [5.41, 5.74) is 2.49. The van der Waals surface area contributed by atoms with Gasteiger partial charge in [0, 0.05) is 0 Å². The molecule has 1 fully saturated rings. The van der Waals surface area contributed by atoms with Crippen molar-refractivity contribution in [1.29, 1.82) is 0 Å². The summed E-state index contributed by atoms with van der Waals surface area (Å²) >= 11 is 0. The summed E-state index contributed by atoms with van der Waals surface area (Å²) in [5, 5.41) is 4.62. The predicted molar refractivity (Wildman–Crippen MR) is 69.8 cm³/mol. The molecule has 3 amide bonds. The minimum Gasteiger partial charge on any atom is -0.303 e. The van der Waals surface area contributed by atoms with Crippen molar-refractivity contribution >= 4 is 18.0 Å². The molecular formula is C14H16N2O2. The van der Waals surface area contributed by atoms with E-state index in [4.69, 9.17) is 0 Å². The van der Waals surface area contributed by atoms with E-state index in [2.05, 4.69) is 31.4 Å². The molecule has 2 rings (SSSR count). The topological polar surface area (TPSA) is 58.2 Å². The monoisotopic (exact) mass is 244 g/mol. The SMILES string of the molecule is CC(C)(C)c1ccc(/C=C2/NC(=O)NC2=O)cc1. The van der Waals surface area contributed by atoms with Gasteiger partial charge < -0.3 is 5.32 Å². The number of urea groups is 1. The van der Waals surface area contributed by atoms with E-state index >= 15 is 0 Å². The lowest BCUT2D eigenvalue weighted by molar-refractivity contribution is -0.115. The van der Waals surface area contributed by atoms with Crippen LogP contribution in [0, 0.1) is 0 Å². The van der Waals surface area contributed by atoms with Crippen LogP contribution in [0.2, 0.25) is 0 Å². The zero-order chi connectivity index (χ0) is 13.3. The summed E-state index contributed by atoms with van der Waals surface area (Å²) in [5.74, 6) is -0.389. The smallest absolute Gasteiger partial charge is 0.303 e. The second-order valence-corrected chi connectivity index (χ2v) is 5.34. The first-order chi connectivity index (χ1) is 8.36. The van der Waals surface area contributed by atoms with Gasteiger partial charge in [-0.05, 0) is 22.6 Å². The first-order valence-corrected chi connectivity index (χ1v) is 5.81. The molecule has 1 aliphatic heterocycles. The molecule has 0 saturated carbocycles. The molecule has 2 N–H and O–H groups in total. The lowest BCUT2D eigenvalue weighted by atomic mass is 9.87. The number of carbonyl (C=O) groups excluding carboxylic acids is 2. The van der Waals surface area contributed by atoms with Crippen LogP contribution in [0.25, 0.3) is 6.08 Å². The number of nitrogens with one attached hydrogen (secondary N) is 2. The van der Waals surface area contributed by atoms with E-state index in [1.54, 1.807) is 6.08 Å². The zero-order valence-electron chi connectivity index (χ0n) is 10.7. The third kappa shape index (κ3) is 2.59. The average molecular weight is 244 g/mol. The number of hydrogen-bond acceptors (Lipinski definition) is 2. The Kier molecular flexibility index (Phi) is 2.95. The summed E-state index contributed by atoms with van der Waals surface area (Å²) in [7, 11) is 0. The molecule has 0 aromatic heterocycles. The Morgan fingerprint density at radius 2 is 1.61 bits per heavy atom. The third-order valence-corrected chi connectivity index (χ3v) is 2.81. The van der Waals surface area contributed by atoms with Gasteiger partial charge in [0.15, 0.2) is 0 Å². The van der Waals surface area contributed by atoms with Crippen molar-refractivity contribution in [2.24, 2.45) is 0 Å². The quantitative estimate of drug-likeness (QED) is 0.587. The largest absolute Gasteiger partial charge is 0.326 e. The van der Waals surface area contributed by atoms with Crippen molar-refractivity contribution < 1.29 is 9.59 Å². The Morgan fingerprint density at radius 3 is 2.06 bits per heavy atom. The van der Waals surface area contributed by atoms with E-state index in [1.165, 1.54) is 5.56 Å². The van der Waals surface area contributed by atoms with Crippen molar-refractivity contribution in [2.45, 2.75) is 26.2 Å². The molecule has 0 bridgehead atoms. The maximum Gasteiger partial charge on any atom is 0.326 e. The van der Waals surface area contributed by atoms with Gasteiger partial charge in [-0.3, -0.25) is 10.1 Å². The Bertz CT molecular complexity index is 522. The van der Waals surface area contributed by atoms with Gasteiger partial charge in [0.25, 0.3) is 5.91 Å². The van der Waals surface area contributed by atoms with E-state index in [1.807, 2.05) is 24.3 Å². The number of imide groups is 1. The molecule has 1 aromatic carbocycles. The lowest BCUT2D eigenvalue weighted by Crippen LogP contribution is -2.22. The van der Waals surface area contributed by atoms with Gasteiger partial charge in [0.2, 0.25) is 0 Å². The molecule has 1 aliphatic rings. The highest BCUT2D eigenvalue weighted by Gasteiger charge is 2.22. The number of hydrogen-bond donors (Lipinski definition) is 2. The molecule has 4 nitrogen and oxygen atoms in total. The van der Waals surface area contributed by atoms with Crippen LogP contribution in [0.5, 0.6) is 0 Å². The molecule has 1 saturated heterocycles. The van der Waals surface area contributed by atoms with Gasteiger partial charge >= 0.3 is 6.03 Å². The normalized spacial score (nSPS) is 17.8. The Hall–Kier alpha value is -2.10. The lowest BCUT2D eigenvalue weighted by Gasteiger charge is -2.18. The molecule has 0 atom stereocenters. The maximum atomic E-state index is 11.4. The summed E-state index contributed by atoms with van der Waals surface area (Å²) in [6, 6.07) is 7.45. The summed E-state index contributed by atoms with van der Waals surface area (Å²) in [6.07, 6.45) is 1.66. The van der Waals surface area contributed by atoms with Gasteiger partial charge in [-0.1, -0.05) is 45.0 Å². The predicted octanol–water partition coefficient (Wildman–Crippen LogP) is 2.16. The highest BCUT2D eigenvalue weighted by atomic mass is 16.2. The van der Waals surface area contributed by atoms with Crippen LogP contribution in [-0.4, -0.2) is 11.9 Å². The Morgan fingerprint density at radius 1 is 1.00 bits per heavy atom. The molecule has 1 aromatic rings. The van der Waals surface area contributed by atoms with Crippen molar-refractivity contribution in [3.8, 4) is 0 Å². The summed E-state index contributed by atoms with van der Waals surface area (Å²) in [6.45, 7) is 6.43. The maximum absolute atomic E-state index is 11.4. The second-order valence-electron chi connectivity index (χ2n) is 5.34. The van der Waals surface area contributed by atoms with Crippen LogP contribution in [-0.2, 0) is 10.2 Å². The third-order valence-electron chi connectivity index (χ3n) is 2.81. The molecular weight excluding hydrogens is 228 g/mol. The molecule has 0 spiro atoms. The van der Waals surface area contributed by atoms with Gasteiger partial charge in [-0.25, -0.2) is 4.79 Å². The molecule has 18 heavy (non-hydrogen) atoms. The van der Waals surface area contributed by atoms with Crippen molar-refractivity contribution in [3.05, 3.63) is 41.1 Å². The van der Waals surface area contributed by atoms with Crippen molar-refractivity contribution in [3.63, 3.8) is 0 Å². The number of carbonyl (C=O) groups is 2. The van der Waals surface area contributed by atoms with Gasteiger partial charge in [-0.15, -0.1) is 0 Å². The van der Waals surface area contributed by atoms with Crippen LogP contribution in [0.15, 0.2) is 30.0 Å². The van der Waals surface area contributed by atoms with Crippen LogP contribution >= 0.6 is 0 Å². The van der Waals surface area contributed by atoms with Crippen LogP contribution in [0.1, 0.15) is 31.9 Å². The average Bonchev–Trinajstić information content (AvgIpc) is 2.57. The van der Waals surface area contributed by atoms with Gasteiger partial charge in [0.05, 0.1) is 0 Å². The number of amides is 3. The highest BCUT2D eigenvalue weighted by molar-refractivity contribution is 6.13. The van der Waals surface area contributed by atoms with E-state index in [0.717, 1.165) is 5.56 Å².